The highest BCUT2D eigenvalue weighted by atomic mass is 28.4. The van der Waals surface area contributed by atoms with Crippen molar-refractivity contribution in [1.82, 2.24) is 0 Å². The van der Waals surface area contributed by atoms with Crippen LogP contribution < -0.4 is 0 Å². The Balaban J connectivity index is 3.41. The molecule has 14 heteroatoms. The monoisotopic (exact) mass is 726 g/mol. The molecule has 0 spiro atoms. The molecule has 0 aromatic carbocycles. The van der Waals surface area contributed by atoms with E-state index in [2.05, 4.69) is 59.3 Å². The highest BCUT2D eigenvalue weighted by Gasteiger charge is 2.35. The summed E-state index contributed by atoms with van der Waals surface area (Å²) in [6.45, 7) is 32.7. The van der Waals surface area contributed by atoms with E-state index in [9.17, 15) is 4.79 Å². The lowest BCUT2D eigenvalue weighted by atomic mass is 10.2. The quantitative estimate of drug-likeness (QED) is 0.0356. The fourth-order valence-electron chi connectivity index (χ4n) is 4.56. The van der Waals surface area contributed by atoms with E-state index in [1.165, 1.54) is 12.1 Å². The Morgan fingerprint density at radius 3 is 1.21 bits per heavy atom. The van der Waals surface area contributed by atoms with Crippen molar-refractivity contribution in [2.45, 2.75) is 77.8 Å². The lowest BCUT2D eigenvalue weighted by Gasteiger charge is -2.36. The summed E-state index contributed by atoms with van der Waals surface area (Å²) in [5.41, 5.74) is 0.375. The highest BCUT2D eigenvalue weighted by molar-refractivity contribution is 6.86. The SMILES string of the molecule is C=C(C)C(=O)OCCOCCOCCOCCOCCOCCOCCOCCOCC(C)C[Si](C)(C)O[Si](C)(C)CC[Si](C)(C)C. The molecule has 1 atom stereocenters. The average Bonchev–Trinajstić information content (AvgIpc) is 2.96. The molecule has 0 aliphatic rings. The number of carbonyl (C=O) groups excluding carboxylic acids is 1. The van der Waals surface area contributed by atoms with Gasteiger partial charge in [-0.15, -0.1) is 0 Å². The summed E-state index contributed by atoms with van der Waals surface area (Å²) in [5.74, 6) is 0.0816. The van der Waals surface area contributed by atoms with Crippen molar-refractivity contribution >= 4 is 30.7 Å². The van der Waals surface area contributed by atoms with Crippen molar-refractivity contribution in [2.24, 2.45) is 5.92 Å². The van der Waals surface area contributed by atoms with E-state index in [0.717, 1.165) is 12.7 Å². The summed E-state index contributed by atoms with van der Waals surface area (Å²) in [6.07, 6.45) is 0. The third-order valence-corrected chi connectivity index (χ3v) is 16.5. The van der Waals surface area contributed by atoms with Crippen molar-refractivity contribution in [3.05, 3.63) is 12.2 Å². The molecule has 0 N–H and O–H groups in total. The zero-order chi connectivity index (χ0) is 35.4. The molecule has 0 fully saturated rings. The fourth-order valence-corrected chi connectivity index (χ4v) is 18.5. The van der Waals surface area contributed by atoms with Gasteiger partial charge in [0.1, 0.15) is 6.61 Å². The smallest absolute Gasteiger partial charge is 0.333 e. The first kappa shape index (κ1) is 46.5. The number of carbonyl (C=O) groups is 1. The van der Waals surface area contributed by atoms with Gasteiger partial charge < -0.3 is 46.7 Å². The molecule has 280 valence electrons. The minimum atomic E-state index is -1.71. The number of hydrogen-bond acceptors (Lipinski definition) is 11. The van der Waals surface area contributed by atoms with Crippen LogP contribution >= 0.6 is 0 Å². The van der Waals surface area contributed by atoms with Crippen LogP contribution in [0.2, 0.25) is 64.0 Å². The molecule has 11 nitrogen and oxygen atoms in total. The molecule has 0 aromatic rings. The van der Waals surface area contributed by atoms with Crippen LogP contribution in [0, 0.1) is 5.92 Å². The second kappa shape index (κ2) is 28.2. The van der Waals surface area contributed by atoms with E-state index in [1.807, 2.05) is 0 Å². The molecule has 0 aliphatic carbocycles. The van der Waals surface area contributed by atoms with Crippen molar-refractivity contribution in [1.29, 1.82) is 0 Å². The second-order valence-corrected chi connectivity index (χ2v) is 28.7. The summed E-state index contributed by atoms with van der Waals surface area (Å²) < 4.78 is 56.0. The van der Waals surface area contributed by atoms with E-state index < -0.39 is 30.7 Å². The standard InChI is InChI=1S/C33H70O11Si3/c1-31(2)33(34)43-26-25-41-22-21-39-18-17-37-14-13-35-11-12-36-15-16-38-19-20-40-23-24-42-29-32(3)30-47(9,10)44-46(7,8)28-27-45(4,5)6/h32H,1,11-30H2,2-10H3. The van der Waals surface area contributed by atoms with Gasteiger partial charge in [-0.05, 0) is 51.1 Å². The Labute approximate surface area is 289 Å². The summed E-state index contributed by atoms with van der Waals surface area (Å²) in [6, 6.07) is 3.77. The maximum absolute atomic E-state index is 11.2. The molecule has 0 aliphatic heterocycles. The van der Waals surface area contributed by atoms with Crippen LogP contribution in [0.3, 0.4) is 0 Å². The topological polar surface area (TPSA) is 109 Å². The van der Waals surface area contributed by atoms with Gasteiger partial charge in [-0.2, -0.15) is 0 Å². The Morgan fingerprint density at radius 1 is 0.532 bits per heavy atom. The predicted molar refractivity (Wildman–Crippen MR) is 195 cm³/mol. The number of rotatable bonds is 34. The highest BCUT2D eigenvalue weighted by Crippen LogP contribution is 2.28. The van der Waals surface area contributed by atoms with E-state index in [4.69, 9.17) is 46.7 Å². The largest absolute Gasteiger partial charge is 0.460 e. The molecule has 1 unspecified atom stereocenters. The van der Waals surface area contributed by atoms with Crippen LogP contribution in [0.4, 0.5) is 0 Å². The van der Waals surface area contributed by atoms with Gasteiger partial charge in [-0.1, -0.05) is 39.2 Å². The van der Waals surface area contributed by atoms with Crippen molar-refractivity contribution in [2.75, 3.05) is 112 Å². The molecule has 47 heavy (non-hydrogen) atoms. The summed E-state index contributed by atoms with van der Waals surface area (Å²) in [4.78, 5) is 11.2. The van der Waals surface area contributed by atoms with E-state index in [1.54, 1.807) is 6.92 Å². The maximum Gasteiger partial charge on any atom is 0.333 e. The lowest BCUT2D eigenvalue weighted by molar-refractivity contribution is -0.140. The summed E-state index contributed by atoms with van der Waals surface area (Å²) >= 11 is 0. The van der Waals surface area contributed by atoms with E-state index >= 15 is 0 Å². The average molecular weight is 727 g/mol. The molecular weight excluding hydrogens is 657 g/mol. The zero-order valence-electron chi connectivity index (χ0n) is 31.4. The first-order valence-electron chi connectivity index (χ1n) is 17.3. The van der Waals surface area contributed by atoms with Crippen molar-refractivity contribution in [3.8, 4) is 0 Å². The first-order valence-corrected chi connectivity index (χ1v) is 27.2. The van der Waals surface area contributed by atoms with Crippen LogP contribution in [0.25, 0.3) is 0 Å². The summed E-state index contributed by atoms with van der Waals surface area (Å²) in [7, 11) is -4.35. The maximum atomic E-state index is 11.2. The van der Waals surface area contributed by atoms with Crippen molar-refractivity contribution in [3.63, 3.8) is 0 Å². The Kier molecular flexibility index (Phi) is 27.9. The molecular formula is C33H70O11Si3. The van der Waals surface area contributed by atoms with Crippen LogP contribution in [-0.2, 0) is 51.5 Å². The van der Waals surface area contributed by atoms with E-state index in [0.29, 0.717) is 111 Å². The normalized spacial score (nSPS) is 13.2. The van der Waals surface area contributed by atoms with Crippen LogP contribution in [-0.4, -0.2) is 143 Å². The zero-order valence-corrected chi connectivity index (χ0v) is 34.4. The lowest BCUT2D eigenvalue weighted by Crippen LogP contribution is -2.46. The molecule has 0 aromatic heterocycles. The minimum absolute atomic E-state index is 0.204. The van der Waals surface area contributed by atoms with Gasteiger partial charge in [0.15, 0.2) is 16.6 Å². The second-order valence-electron chi connectivity index (χ2n) is 14.3. The van der Waals surface area contributed by atoms with Gasteiger partial charge in [-0.25, -0.2) is 4.79 Å². The van der Waals surface area contributed by atoms with Crippen LogP contribution in [0.1, 0.15) is 13.8 Å². The van der Waals surface area contributed by atoms with Gasteiger partial charge in [-0.3, -0.25) is 0 Å². The third kappa shape index (κ3) is 33.8. The molecule has 0 amide bonds. The predicted octanol–water partition coefficient (Wildman–Crippen LogP) is 5.64. The fraction of sp³-hybridized carbons (Fsp3) is 0.909. The van der Waals surface area contributed by atoms with Gasteiger partial charge in [0.25, 0.3) is 0 Å². The first-order chi connectivity index (χ1) is 22.1. The Morgan fingerprint density at radius 2 is 0.872 bits per heavy atom. The van der Waals surface area contributed by atoms with Crippen LogP contribution in [0.15, 0.2) is 12.2 Å². The number of ether oxygens (including phenoxy) is 9. The van der Waals surface area contributed by atoms with Crippen molar-refractivity contribution < 1.29 is 51.5 Å². The summed E-state index contributed by atoms with van der Waals surface area (Å²) in [5, 5.41) is 0. The van der Waals surface area contributed by atoms with Gasteiger partial charge in [0, 0.05) is 20.3 Å². The minimum Gasteiger partial charge on any atom is -0.460 e. The molecule has 0 saturated carbocycles. The number of esters is 1. The Bertz CT molecular complexity index is 779. The van der Waals surface area contributed by atoms with Crippen LogP contribution in [0.5, 0.6) is 0 Å². The van der Waals surface area contributed by atoms with E-state index in [-0.39, 0.29) is 6.61 Å². The molecule has 0 bridgehead atoms. The number of hydrogen-bond donors (Lipinski definition) is 0. The van der Waals surface area contributed by atoms with Gasteiger partial charge in [0.05, 0.1) is 99.1 Å². The van der Waals surface area contributed by atoms with Gasteiger partial charge in [0.2, 0.25) is 0 Å². The molecule has 0 heterocycles. The van der Waals surface area contributed by atoms with Gasteiger partial charge >= 0.3 is 5.97 Å². The Hall–Kier alpha value is -0.499. The molecule has 0 rings (SSSR count). The molecule has 0 radical (unpaired) electrons. The third-order valence-electron chi connectivity index (χ3n) is 6.69. The molecule has 0 saturated heterocycles.